The van der Waals surface area contributed by atoms with Crippen molar-refractivity contribution in [3.8, 4) is 6.07 Å². The highest BCUT2D eigenvalue weighted by Crippen LogP contribution is 2.18. The number of aryl methyl sites for hydroxylation is 2. The number of ether oxygens (including phenoxy) is 1. The quantitative estimate of drug-likeness (QED) is 0.692. The van der Waals surface area contributed by atoms with Gasteiger partial charge in [0.15, 0.2) is 6.10 Å². The summed E-state index contributed by atoms with van der Waals surface area (Å²) in [5.41, 5.74) is 3.35. The average Bonchev–Trinajstić information content (AvgIpc) is 2.13. The van der Waals surface area contributed by atoms with Gasteiger partial charge in [0.05, 0.1) is 6.07 Å². The van der Waals surface area contributed by atoms with E-state index in [1.165, 1.54) is 11.1 Å². The van der Waals surface area contributed by atoms with E-state index < -0.39 is 6.10 Å². The van der Waals surface area contributed by atoms with Crippen LogP contribution in [0.5, 0.6) is 0 Å². The van der Waals surface area contributed by atoms with Gasteiger partial charge in [-0.05, 0) is 30.5 Å². The van der Waals surface area contributed by atoms with E-state index in [-0.39, 0.29) is 0 Å². The molecule has 0 N–H and O–H groups in total. The first-order chi connectivity index (χ1) is 6.19. The minimum Gasteiger partial charge on any atom is -0.362 e. The summed E-state index contributed by atoms with van der Waals surface area (Å²) in [6, 6.07) is 8.02. The van der Waals surface area contributed by atoms with Crippen LogP contribution in [0.25, 0.3) is 0 Å². The number of hydrogen-bond acceptors (Lipinski definition) is 2. The molecule has 0 bridgehead atoms. The van der Waals surface area contributed by atoms with Crippen LogP contribution >= 0.6 is 0 Å². The van der Waals surface area contributed by atoms with Gasteiger partial charge in [0.1, 0.15) is 0 Å². The molecule has 0 spiro atoms. The van der Waals surface area contributed by atoms with Gasteiger partial charge in [-0.3, -0.25) is 0 Å². The topological polar surface area (TPSA) is 33.0 Å². The van der Waals surface area contributed by atoms with Crippen molar-refractivity contribution in [2.75, 3.05) is 7.11 Å². The zero-order chi connectivity index (χ0) is 9.84. The second-order valence-electron chi connectivity index (χ2n) is 3.09. The van der Waals surface area contributed by atoms with E-state index in [1.54, 1.807) is 7.11 Å². The zero-order valence-electron chi connectivity index (χ0n) is 8.16. The summed E-state index contributed by atoms with van der Waals surface area (Å²) in [5, 5.41) is 8.76. The van der Waals surface area contributed by atoms with E-state index >= 15 is 0 Å². The van der Waals surface area contributed by atoms with Gasteiger partial charge in [-0.1, -0.05) is 18.2 Å². The largest absolute Gasteiger partial charge is 0.362 e. The van der Waals surface area contributed by atoms with E-state index in [4.69, 9.17) is 10.00 Å². The number of nitriles is 1. The molecule has 2 nitrogen and oxygen atoms in total. The van der Waals surface area contributed by atoms with E-state index in [0.717, 1.165) is 5.56 Å². The molecule has 1 rings (SSSR count). The highest BCUT2D eigenvalue weighted by Gasteiger charge is 2.08. The Morgan fingerprint density at radius 3 is 2.46 bits per heavy atom. The molecule has 0 heterocycles. The van der Waals surface area contributed by atoms with Crippen molar-refractivity contribution in [3.05, 3.63) is 34.9 Å². The third-order valence-electron chi connectivity index (χ3n) is 2.19. The molecule has 1 atom stereocenters. The normalized spacial score (nSPS) is 12.2. The third kappa shape index (κ3) is 2.07. The lowest BCUT2D eigenvalue weighted by Crippen LogP contribution is -1.98. The van der Waals surface area contributed by atoms with Gasteiger partial charge in [-0.25, -0.2) is 0 Å². The maximum atomic E-state index is 8.76. The highest BCUT2D eigenvalue weighted by molar-refractivity contribution is 5.32. The Hall–Kier alpha value is -1.33. The molecule has 0 aliphatic heterocycles. The molecule has 68 valence electrons. The van der Waals surface area contributed by atoms with Crippen molar-refractivity contribution in [1.82, 2.24) is 0 Å². The van der Waals surface area contributed by atoms with Gasteiger partial charge in [-0.15, -0.1) is 0 Å². The van der Waals surface area contributed by atoms with Gasteiger partial charge in [0.2, 0.25) is 0 Å². The van der Waals surface area contributed by atoms with Crippen LogP contribution in [0.2, 0.25) is 0 Å². The molecule has 0 saturated carbocycles. The molecule has 0 radical (unpaired) electrons. The van der Waals surface area contributed by atoms with Gasteiger partial charge >= 0.3 is 0 Å². The zero-order valence-corrected chi connectivity index (χ0v) is 8.16. The predicted octanol–water partition coefficient (Wildman–Crippen LogP) is 2.51. The number of rotatable bonds is 2. The van der Waals surface area contributed by atoms with Crippen molar-refractivity contribution in [2.45, 2.75) is 20.0 Å². The first-order valence-electron chi connectivity index (χ1n) is 4.18. The van der Waals surface area contributed by atoms with Crippen molar-refractivity contribution in [2.24, 2.45) is 0 Å². The fraction of sp³-hybridized carbons (Fsp3) is 0.364. The number of nitrogens with zero attached hydrogens (tertiary/aromatic N) is 1. The summed E-state index contributed by atoms with van der Waals surface area (Å²) in [7, 11) is 1.54. The summed E-state index contributed by atoms with van der Waals surface area (Å²) >= 11 is 0. The van der Waals surface area contributed by atoms with Crippen molar-refractivity contribution in [1.29, 1.82) is 5.26 Å². The van der Waals surface area contributed by atoms with Crippen molar-refractivity contribution >= 4 is 0 Å². The first-order valence-corrected chi connectivity index (χ1v) is 4.18. The Bertz CT molecular complexity index is 338. The number of methoxy groups -OCH3 is 1. The summed E-state index contributed by atoms with van der Waals surface area (Å²) in [6.07, 6.45) is -0.445. The van der Waals surface area contributed by atoms with E-state index in [0.29, 0.717) is 0 Å². The highest BCUT2D eigenvalue weighted by atomic mass is 16.5. The minimum absolute atomic E-state index is 0.445. The van der Waals surface area contributed by atoms with Crippen LogP contribution < -0.4 is 0 Å². The van der Waals surface area contributed by atoms with Gasteiger partial charge in [0, 0.05) is 7.11 Å². The second-order valence-corrected chi connectivity index (χ2v) is 3.09. The molecule has 0 saturated heterocycles. The van der Waals surface area contributed by atoms with Gasteiger partial charge in [0.25, 0.3) is 0 Å². The smallest absolute Gasteiger partial charge is 0.168 e. The summed E-state index contributed by atoms with van der Waals surface area (Å²) < 4.78 is 5.02. The first kappa shape index (κ1) is 9.76. The van der Waals surface area contributed by atoms with Crippen LogP contribution in [0.1, 0.15) is 22.8 Å². The molecule has 2 heteroatoms. The molecular weight excluding hydrogens is 162 g/mol. The van der Waals surface area contributed by atoms with Crippen LogP contribution in [0, 0.1) is 25.2 Å². The standard InChI is InChI=1S/C11H13NO/c1-8-4-5-10(6-9(8)2)11(7-12)13-3/h4-6,11H,1-3H3. The number of hydrogen-bond donors (Lipinski definition) is 0. The summed E-state index contributed by atoms with van der Waals surface area (Å²) in [6.45, 7) is 4.08. The van der Waals surface area contributed by atoms with Gasteiger partial charge < -0.3 is 4.74 Å². The maximum absolute atomic E-state index is 8.76. The van der Waals surface area contributed by atoms with Crippen LogP contribution in [-0.4, -0.2) is 7.11 Å². The van der Waals surface area contributed by atoms with Crippen LogP contribution in [-0.2, 0) is 4.74 Å². The van der Waals surface area contributed by atoms with Crippen molar-refractivity contribution in [3.63, 3.8) is 0 Å². The SMILES string of the molecule is COC(C#N)c1ccc(C)c(C)c1. The lowest BCUT2D eigenvalue weighted by Gasteiger charge is -2.09. The predicted molar refractivity (Wildman–Crippen MR) is 51.3 cm³/mol. The fourth-order valence-electron chi connectivity index (χ4n) is 1.19. The van der Waals surface area contributed by atoms with Crippen LogP contribution in [0.3, 0.4) is 0 Å². The van der Waals surface area contributed by atoms with Crippen LogP contribution in [0.4, 0.5) is 0 Å². The molecule has 1 unspecified atom stereocenters. The molecular formula is C11H13NO. The van der Waals surface area contributed by atoms with E-state index in [1.807, 2.05) is 32.0 Å². The second kappa shape index (κ2) is 4.06. The molecule has 1 aromatic rings. The lowest BCUT2D eigenvalue weighted by atomic mass is 10.0. The van der Waals surface area contributed by atoms with Crippen LogP contribution in [0.15, 0.2) is 18.2 Å². The molecule has 0 amide bonds. The minimum atomic E-state index is -0.445. The van der Waals surface area contributed by atoms with Crippen molar-refractivity contribution < 1.29 is 4.74 Å². The maximum Gasteiger partial charge on any atom is 0.168 e. The van der Waals surface area contributed by atoms with Gasteiger partial charge in [-0.2, -0.15) is 5.26 Å². The Morgan fingerprint density at radius 2 is 2.00 bits per heavy atom. The fourth-order valence-corrected chi connectivity index (χ4v) is 1.19. The Morgan fingerprint density at radius 1 is 1.31 bits per heavy atom. The molecule has 0 aliphatic rings. The monoisotopic (exact) mass is 175 g/mol. The molecule has 0 fully saturated rings. The third-order valence-corrected chi connectivity index (χ3v) is 2.19. The molecule has 0 aromatic heterocycles. The Labute approximate surface area is 78.8 Å². The molecule has 13 heavy (non-hydrogen) atoms. The molecule has 1 aromatic carbocycles. The molecule has 0 aliphatic carbocycles. The number of benzene rings is 1. The summed E-state index contributed by atoms with van der Waals surface area (Å²) in [5.74, 6) is 0. The average molecular weight is 175 g/mol. The lowest BCUT2D eigenvalue weighted by molar-refractivity contribution is 0.148. The van der Waals surface area contributed by atoms with E-state index in [2.05, 4.69) is 6.07 Å². The Kier molecular flexibility index (Phi) is 3.05. The summed E-state index contributed by atoms with van der Waals surface area (Å²) in [4.78, 5) is 0. The Balaban J connectivity index is 3.04. The van der Waals surface area contributed by atoms with E-state index in [9.17, 15) is 0 Å².